The normalized spacial score (nSPS) is 10.8. The van der Waals surface area contributed by atoms with Crippen molar-refractivity contribution in [2.24, 2.45) is 0 Å². The highest BCUT2D eigenvalue weighted by Crippen LogP contribution is 2.23. The largest absolute Gasteiger partial charge is 0.383 e. The number of ether oxygens (including phenoxy) is 1. The lowest BCUT2D eigenvalue weighted by Gasteiger charge is -2.28. The minimum atomic E-state index is -0.339. The van der Waals surface area contributed by atoms with E-state index in [9.17, 15) is 9.59 Å². The number of nitrogens with zero attached hydrogens (tertiary/aromatic N) is 2. The lowest BCUT2D eigenvalue weighted by molar-refractivity contribution is -0.133. The first-order valence-corrected chi connectivity index (χ1v) is 12.1. The number of thiophene rings is 1. The summed E-state index contributed by atoms with van der Waals surface area (Å²) in [4.78, 5) is 31.1. The number of benzene rings is 2. The zero-order valence-corrected chi connectivity index (χ0v) is 20.9. The van der Waals surface area contributed by atoms with Gasteiger partial charge in [0.1, 0.15) is 6.54 Å². The van der Waals surface area contributed by atoms with Crippen molar-refractivity contribution < 1.29 is 14.3 Å². The second kappa shape index (κ2) is 12.2. The zero-order chi connectivity index (χ0) is 23.8. The van der Waals surface area contributed by atoms with E-state index in [1.165, 1.54) is 11.0 Å². The van der Waals surface area contributed by atoms with Gasteiger partial charge in [0.15, 0.2) is 0 Å². The molecule has 174 valence electrons. The highest BCUT2D eigenvalue weighted by Gasteiger charge is 2.24. The van der Waals surface area contributed by atoms with Crippen molar-refractivity contribution in [3.63, 3.8) is 0 Å². The van der Waals surface area contributed by atoms with E-state index in [0.29, 0.717) is 30.3 Å². The first-order valence-electron chi connectivity index (χ1n) is 10.5. The van der Waals surface area contributed by atoms with E-state index < -0.39 is 0 Å². The highest BCUT2D eigenvalue weighted by atomic mass is 35.5. The number of methoxy groups -OCH3 is 1. The van der Waals surface area contributed by atoms with Crippen molar-refractivity contribution in [3.05, 3.63) is 91.6 Å². The van der Waals surface area contributed by atoms with Gasteiger partial charge in [-0.1, -0.05) is 53.5 Å². The van der Waals surface area contributed by atoms with Crippen LogP contribution in [0.1, 0.15) is 26.4 Å². The third-order valence-electron chi connectivity index (χ3n) is 5.21. The Labute approximate surface area is 208 Å². The number of rotatable bonds is 10. The molecule has 3 rings (SSSR count). The summed E-state index contributed by atoms with van der Waals surface area (Å²) in [5, 5.41) is 2.71. The van der Waals surface area contributed by atoms with Crippen LogP contribution >= 0.6 is 34.5 Å². The molecular weight excluding hydrogens is 479 g/mol. The van der Waals surface area contributed by atoms with E-state index in [1.54, 1.807) is 35.5 Å². The fourth-order valence-electron chi connectivity index (χ4n) is 3.33. The van der Waals surface area contributed by atoms with Crippen molar-refractivity contribution in [1.29, 1.82) is 0 Å². The molecule has 33 heavy (non-hydrogen) atoms. The van der Waals surface area contributed by atoms with Crippen LogP contribution in [0.5, 0.6) is 0 Å². The van der Waals surface area contributed by atoms with Crippen LogP contribution in [-0.4, -0.2) is 48.4 Å². The van der Waals surface area contributed by atoms with Gasteiger partial charge in [0.2, 0.25) is 5.91 Å². The van der Waals surface area contributed by atoms with Crippen molar-refractivity contribution in [1.82, 2.24) is 9.80 Å². The Balaban J connectivity index is 1.83. The van der Waals surface area contributed by atoms with Gasteiger partial charge in [0.25, 0.3) is 5.91 Å². The molecule has 0 aliphatic heterocycles. The Kier molecular flexibility index (Phi) is 9.32. The summed E-state index contributed by atoms with van der Waals surface area (Å²) in [6.45, 7) is 3.44. The molecule has 0 radical (unpaired) electrons. The van der Waals surface area contributed by atoms with Gasteiger partial charge in [-0.15, -0.1) is 11.3 Å². The molecule has 0 fully saturated rings. The lowest BCUT2D eigenvalue weighted by atomic mass is 10.1. The fourth-order valence-corrected chi connectivity index (χ4v) is 4.74. The monoisotopic (exact) mass is 504 g/mol. The van der Waals surface area contributed by atoms with Crippen LogP contribution < -0.4 is 0 Å². The van der Waals surface area contributed by atoms with E-state index in [2.05, 4.69) is 0 Å². The van der Waals surface area contributed by atoms with Crippen LogP contribution in [0, 0.1) is 6.92 Å². The Morgan fingerprint density at radius 1 is 1.00 bits per heavy atom. The number of carbonyl (C=O) groups is 2. The second-order valence-electron chi connectivity index (χ2n) is 7.61. The quantitative estimate of drug-likeness (QED) is 0.356. The summed E-state index contributed by atoms with van der Waals surface area (Å²) in [7, 11) is 1.56. The Morgan fingerprint density at radius 3 is 2.39 bits per heavy atom. The van der Waals surface area contributed by atoms with Gasteiger partial charge in [0.05, 0.1) is 23.7 Å². The number of carbonyl (C=O) groups excluding carboxylic acids is 2. The van der Waals surface area contributed by atoms with E-state index in [0.717, 1.165) is 16.0 Å². The number of amides is 2. The molecule has 8 heteroatoms. The molecule has 0 atom stereocenters. The van der Waals surface area contributed by atoms with E-state index in [4.69, 9.17) is 27.9 Å². The molecule has 0 aliphatic carbocycles. The third kappa shape index (κ3) is 7.05. The summed E-state index contributed by atoms with van der Waals surface area (Å²) < 4.78 is 5.18. The maximum Gasteiger partial charge on any atom is 0.255 e. The average Bonchev–Trinajstić information content (AvgIpc) is 3.20. The lowest BCUT2D eigenvalue weighted by Crippen LogP contribution is -2.43. The molecule has 0 bridgehead atoms. The predicted molar refractivity (Wildman–Crippen MR) is 134 cm³/mol. The first kappa shape index (κ1) is 25.2. The number of aryl methyl sites for hydroxylation is 1. The van der Waals surface area contributed by atoms with Gasteiger partial charge in [0, 0.05) is 30.1 Å². The van der Waals surface area contributed by atoms with Gasteiger partial charge >= 0.3 is 0 Å². The summed E-state index contributed by atoms with van der Waals surface area (Å²) in [6.07, 6.45) is 0. The van der Waals surface area contributed by atoms with Crippen LogP contribution in [0.25, 0.3) is 0 Å². The Hall–Kier alpha value is -2.38. The number of hydrogen-bond acceptors (Lipinski definition) is 4. The molecule has 1 aromatic heterocycles. The van der Waals surface area contributed by atoms with Crippen molar-refractivity contribution >= 4 is 46.4 Å². The third-order valence-corrected chi connectivity index (χ3v) is 6.77. The molecule has 0 aliphatic rings. The summed E-state index contributed by atoms with van der Waals surface area (Å²) >= 11 is 13.9. The first-order chi connectivity index (χ1) is 15.9. The van der Waals surface area contributed by atoms with Gasteiger partial charge in [-0.05, 0) is 47.7 Å². The Bertz CT molecular complexity index is 1090. The molecule has 5 nitrogen and oxygen atoms in total. The molecule has 0 unspecified atom stereocenters. The molecule has 1 heterocycles. The van der Waals surface area contributed by atoms with E-state index in [-0.39, 0.29) is 29.9 Å². The SMILES string of the molecule is COCCN(CC(=O)N(Cc1ccccc1)Cc1sccc1C)C(=O)c1ccc(Cl)cc1Cl. The summed E-state index contributed by atoms with van der Waals surface area (Å²) in [6, 6.07) is 16.6. The van der Waals surface area contributed by atoms with E-state index in [1.807, 2.05) is 48.7 Å². The van der Waals surface area contributed by atoms with Gasteiger partial charge < -0.3 is 14.5 Å². The minimum Gasteiger partial charge on any atom is -0.383 e. The molecule has 0 saturated carbocycles. The van der Waals surface area contributed by atoms with Crippen molar-refractivity contribution in [2.75, 3.05) is 26.8 Å². The van der Waals surface area contributed by atoms with E-state index >= 15 is 0 Å². The van der Waals surface area contributed by atoms with Gasteiger partial charge in [-0.2, -0.15) is 0 Å². The van der Waals surface area contributed by atoms with Crippen LogP contribution in [0.15, 0.2) is 60.0 Å². The zero-order valence-electron chi connectivity index (χ0n) is 18.6. The maximum absolute atomic E-state index is 13.5. The number of halogens is 2. The predicted octanol–water partition coefficient (Wildman–Crippen LogP) is 5.68. The smallest absolute Gasteiger partial charge is 0.255 e. The average molecular weight is 505 g/mol. The second-order valence-corrected chi connectivity index (χ2v) is 9.45. The molecule has 0 spiro atoms. The standard InChI is InChI=1S/C25H26Cl2N2O3S/c1-18-10-13-33-23(18)16-29(15-19-6-4-3-5-7-19)24(30)17-28(11-12-32-2)25(31)21-9-8-20(26)14-22(21)27/h3-10,13-14H,11-12,15-17H2,1-2H3. The molecule has 3 aromatic rings. The van der Waals surface area contributed by atoms with Crippen LogP contribution in [0.4, 0.5) is 0 Å². The topological polar surface area (TPSA) is 49.9 Å². The molecular formula is C25H26Cl2N2O3S. The van der Waals surface area contributed by atoms with Gasteiger partial charge in [-0.25, -0.2) is 0 Å². The summed E-state index contributed by atoms with van der Waals surface area (Å²) in [5.41, 5.74) is 2.47. The molecule has 2 amide bonds. The maximum atomic E-state index is 13.5. The summed E-state index contributed by atoms with van der Waals surface area (Å²) in [5.74, 6) is -0.491. The molecule has 0 N–H and O–H groups in total. The Morgan fingerprint density at radius 2 is 1.76 bits per heavy atom. The van der Waals surface area contributed by atoms with Crippen molar-refractivity contribution in [3.8, 4) is 0 Å². The molecule has 2 aromatic carbocycles. The van der Waals surface area contributed by atoms with Crippen LogP contribution in [-0.2, 0) is 22.6 Å². The highest BCUT2D eigenvalue weighted by molar-refractivity contribution is 7.10. The van der Waals surface area contributed by atoms with Crippen molar-refractivity contribution in [2.45, 2.75) is 20.0 Å². The molecule has 0 saturated heterocycles. The minimum absolute atomic E-state index is 0.0849. The van der Waals surface area contributed by atoms with Crippen LogP contribution in [0.3, 0.4) is 0 Å². The van der Waals surface area contributed by atoms with Gasteiger partial charge in [-0.3, -0.25) is 9.59 Å². The fraction of sp³-hybridized carbons (Fsp3) is 0.280. The van der Waals surface area contributed by atoms with Crippen LogP contribution in [0.2, 0.25) is 10.0 Å². The number of hydrogen-bond donors (Lipinski definition) is 0.